The minimum absolute atomic E-state index is 0.0509. The maximum absolute atomic E-state index is 13.7. The van der Waals surface area contributed by atoms with E-state index in [2.05, 4.69) is 41.4 Å². The number of imidazole rings is 1. The molecule has 46 heavy (non-hydrogen) atoms. The molecule has 2 heterocycles. The normalized spacial score (nSPS) is 16.3. The van der Waals surface area contributed by atoms with Gasteiger partial charge < -0.3 is 19.7 Å². The molecule has 1 amide bonds. The largest absolute Gasteiger partial charge is 0.493 e. The molecular weight excluding hydrogens is 604 g/mol. The van der Waals surface area contributed by atoms with Gasteiger partial charge in [0.15, 0.2) is 0 Å². The third kappa shape index (κ3) is 6.27. The molecule has 2 atom stereocenters. The standard InChI is InChI=1S/C35H32N4O6S/c40-32-21-36-33(41)38(32)22-30-20-31(23-37(30)34(42)45-24-25-16-18-29(19-17-25)39(43)44)46-35(26-10-4-1-5-11-26,27-12-6-2-7-13-27)28-14-8-3-9-15-28/h1-19,21,30-31,40H,20,22-24H2,(H,36,41)/t30-,31-/m0/s1. The lowest BCUT2D eigenvalue weighted by molar-refractivity contribution is -0.384. The number of aromatic hydroxyl groups is 1. The minimum atomic E-state index is -0.620. The fourth-order valence-electron chi connectivity index (χ4n) is 6.04. The Hall–Kier alpha value is -5.29. The number of amides is 1. The van der Waals surface area contributed by atoms with Crippen LogP contribution in [0.1, 0.15) is 28.7 Å². The molecule has 234 valence electrons. The van der Waals surface area contributed by atoms with E-state index in [1.54, 1.807) is 28.8 Å². The highest BCUT2D eigenvalue weighted by molar-refractivity contribution is 8.01. The first kappa shape index (κ1) is 30.7. The van der Waals surface area contributed by atoms with Gasteiger partial charge in [0.05, 0.1) is 28.5 Å². The zero-order chi connectivity index (χ0) is 32.1. The zero-order valence-electron chi connectivity index (χ0n) is 24.8. The summed E-state index contributed by atoms with van der Waals surface area (Å²) in [4.78, 5) is 40.8. The number of non-ortho nitro benzene ring substituents is 1. The molecule has 0 spiro atoms. The molecule has 0 bridgehead atoms. The van der Waals surface area contributed by atoms with Gasteiger partial charge in [-0.1, -0.05) is 91.0 Å². The van der Waals surface area contributed by atoms with Crippen molar-refractivity contribution in [3.8, 4) is 5.88 Å². The molecule has 0 aliphatic carbocycles. The molecule has 0 saturated carbocycles. The van der Waals surface area contributed by atoms with Crippen LogP contribution in [-0.2, 0) is 22.6 Å². The average Bonchev–Trinajstić information content (AvgIpc) is 3.65. The number of benzene rings is 4. The first-order valence-corrected chi connectivity index (χ1v) is 15.7. The van der Waals surface area contributed by atoms with Gasteiger partial charge in [-0.3, -0.25) is 14.7 Å². The number of aromatic amines is 1. The highest BCUT2D eigenvalue weighted by atomic mass is 32.2. The quantitative estimate of drug-likeness (QED) is 0.105. The van der Waals surface area contributed by atoms with Gasteiger partial charge in [-0.05, 0) is 40.8 Å². The summed E-state index contributed by atoms with van der Waals surface area (Å²) >= 11 is 1.75. The third-order valence-corrected chi connectivity index (χ3v) is 9.98. The molecule has 1 fully saturated rings. The highest BCUT2D eigenvalue weighted by Gasteiger charge is 2.45. The van der Waals surface area contributed by atoms with Gasteiger partial charge in [0.25, 0.3) is 5.69 Å². The monoisotopic (exact) mass is 636 g/mol. The van der Waals surface area contributed by atoms with Crippen LogP contribution < -0.4 is 5.69 Å². The van der Waals surface area contributed by atoms with Crippen molar-refractivity contribution in [2.75, 3.05) is 6.54 Å². The number of H-pyrrole nitrogens is 1. The Labute approximate surface area is 269 Å². The minimum Gasteiger partial charge on any atom is -0.493 e. The van der Waals surface area contributed by atoms with E-state index in [-0.39, 0.29) is 30.0 Å². The van der Waals surface area contributed by atoms with E-state index in [1.807, 2.05) is 54.6 Å². The predicted octanol–water partition coefficient (Wildman–Crippen LogP) is 6.30. The van der Waals surface area contributed by atoms with Gasteiger partial charge in [0.1, 0.15) is 6.61 Å². The van der Waals surface area contributed by atoms with Crippen LogP contribution in [0.25, 0.3) is 0 Å². The number of thioether (sulfide) groups is 1. The van der Waals surface area contributed by atoms with E-state index in [0.29, 0.717) is 18.5 Å². The smallest absolute Gasteiger partial charge is 0.410 e. The molecule has 1 aromatic heterocycles. The number of hydrogen-bond acceptors (Lipinski definition) is 7. The van der Waals surface area contributed by atoms with Gasteiger partial charge >= 0.3 is 11.8 Å². The van der Waals surface area contributed by atoms with E-state index in [1.165, 1.54) is 22.9 Å². The van der Waals surface area contributed by atoms with Crippen molar-refractivity contribution in [2.45, 2.75) is 35.6 Å². The van der Waals surface area contributed by atoms with Gasteiger partial charge in [-0.2, -0.15) is 0 Å². The second kappa shape index (κ2) is 13.4. The number of nitrogens with one attached hydrogen (secondary N) is 1. The Kier molecular flexibility index (Phi) is 8.93. The Bertz CT molecular complexity index is 1750. The van der Waals surface area contributed by atoms with Crippen LogP contribution in [-0.4, -0.2) is 48.4 Å². The lowest BCUT2D eigenvalue weighted by Crippen LogP contribution is -2.40. The molecule has 0 radical (unpaired) electrons. The molecule has 1 aliphatic heterocycles. The van der Waals surface area contributed by atoms with Crippen LogP contribution in [0, 0.1) is 10.1 Å². The average molecular weight is 637 g/mol. The molecule has 4 aromatic carbocycles. The summed E-state index contributed by atoms with van der Waals surface area (Å²) in [6, 6.07) is 36.2. The number of carbonyl (C=O) groups excluding carboxylic acids is 1. The van der Waals surface area contributed by atoms with Crippen molar-refractivity contribution >= 4 is 23.5 Å². The summed E-state index contributed by atoms with van der Waals surface area (Å²) in [5.74, 6) is -0.215. The Morgan fingerprint density at radius 1 is 0.913 bits per heavy atom. The molecule has 10 nitrogen and oxygen atoms in total. The number of rotatable bonds is 10. The van der Waals surface area contributed by atoms with Crippen molar-refractivity contribution in [3.63, 3.8) is 0 Å². The summed E-state index contributed by atoms with van der Waals surface area (Å²) in [5.41, 5.74) is 3.36. The summed E-state index contributed by atoms with van der Waals surface area (Å²) in [7, 11) is 0. The van der Waals surface area contributed by atoms with Crippen LogP contribution in [0.5, 0.6) is 5.88 Å². The maximum atomic E-state index is 13.7. The Morgan fingerprint density at radius 3 is 1.93 bits per heavy atom. The first-order valence-electron chi connectivity index (χ1n) is 14.8. The summed E-state index contributed by atoms with van der Waals surface area (Å²) in [5, 5.41) is 21.3. The van der Waals surface area contributed by atoms with Crippen LogP contribution >= 0.6 is 11.8 Å². The summed E-state index contributed by atoms with van der Waals surface area (Å²) < 4.78 is 6.30. The molecule has 5 aromatic rings. The Morgan fingerprint density at radius 2 is 1.46 bits per heavy atom. The molecule has 2 N–H and O–H groups in total. The number of aromatic nitrogens is 2. The van der Waals surface area contributed by atoms with Gasteiger partial charge in [-0.25, -0.2) is 9.59 Å². The van der Waals surface area contributed by atoms with E-state index in [0.717, 1.165) is 16.7 Å². The highest BCUT2D eigenvalue weighted by Crippen LogP contribution is 2.52. The van der Waals surface area contributed by atoms with Crippen LogP contribution in [0.3, 0.4) is 0 Å². The van der Waals surface area contributed by atoms with Gasteiger partial charge in [0.2, 0.25) is 5.88 Å². The van der Waals surface area contributed by atoms with Gasteiger partial charge in [-0.15, -0.1) is 11.8 Å². The van der Waals surface area contributed by atoms with Crippen molar-refractivity contribution < 1.29 is 19.6 Å². The third-order valence-electron chi connectivity index (χ3n) is 8.24. The topological polar surface area (TPSA) is 131 Å². The molecule has 6 rings (SSSR count). The van der Waals surface area contributed by atoms with Crippen molar-refractivity contribution in [2.24, 2.45) is 0 Å². The molecule has 1 aliphatic rings. The second-order valence-corrected chi connectivity index (χ2v) is 12.6. The number of ether oxygens (including phenoxy) is 1. The van der Waals surface area contributed by atoms with Crippen LogP contribution in [0.4, 0.5) is 10.5 Å². The van der Waals surface area contributed by atoms with Crippen molar-refractivity contribution in [1.82, 2.24) is 14.5 Å². The number of carbonyl (C=O) groups is 1. The Balaban J connectivity index is 1.33. The van der Waals surface area contributed by atoms with E-state index in [9.17, 15) is 24.8 Å². The molecule has 11 heteroatoms. The summed E-state index contributed by atoms with van der Waals surface area (Å²) in [6.07, 6.45) is 1.19. The number of nitro benzene ring substituents is 1. The first-order chi connectivity index (χ1) is 22.3. The lowest BCUT2D eigenvalue weighted by Gasteiger charge is -2.37. The van der Waals surface area contributed by atoms with Crippen LogP contribution in [0.15, 0.2) is 126 Å². The summed E-state index contributed by atoms with van der Waals surface area (Å²) in [6.45, 7) is 0.338. The number of nitro groups is 1. The van der Waals surface area contributed by atoms with E-state index < -0.39 is 27.5 Å². The molecule has 0 unspecified atom stereocenters. The molecule has 1 saturated heterocycles. The maximum Gasteiger partial charge on any atom is 0.410 e. The van der Waals surface area contributed by atoms with E-state index in [4.69, 9.17) is 4.74 Å². The van der Waals surface area contributed by atoms with Crippen LogP contribution in [0.2, 0.25) is 0 Å². The SMILES string of the molecule is O=C(OCc1ccc([N+](=O)[O-])cc1)N1C[C@@H](SC(c2ccccc2)(c2ccccc2)c2ccccc2)C[C@H]1Cn1c(O)c[nH]c1=O. The van der Waals surface area contributed by atoms with Crippen molar-refractivity contribution in [3.05, 3.63) is 164 Å². The fraction of sp³-hybridized carbons (Fsp3) is 0.200. The number of nitrogens with zero attached hydrogens (tertiary/aromatic N) is 3. The fourth-order valence-corrected chi connectivity index (χ4v) is 7.91. The van der Waals surface area contributed by atoms with E-state index >= 15 is 0 Å². The zero-order valence-corrected chi connectivity index (χ0v) is 25.6. The second-order valence-electron chi connectivity index (χ2n) is 11.1. The number of hydrogen-bond donors (Lipinski definition) is 2. The van der Waals surface area contributed by atoms with Gasteiger partial charge in [0, 0.05) is 23.9 Å². The number of likely N-dealkylation sites (tertiary alicyclic amines) is 1. The van der Waals surface area contributed by atoms with Crippen molar-refractivity contribution in [1.29, 1.82) is 0 Å². The predicted molar refractivity (Wildman–Crippen MR) is 176 cm³/mol. The lowest BCUT2D eigenvalue weighted by atomic mass is 9.84. The molecular formula is C35H32N4O6S.